The summed E-state index contributed by atoms with van der Waals surface area (Å²) in [5.74, 6) is 0.00460. The van der Waals surface area contributed by atoms with Crippen LogP contribution in [-0.4, -0.2) is 67.0 Å². The van der Waals surface area contributed by atoms with Crippen molar-refractivity contribution in [3.63, 3.8) is 0 Å². The van der Waals surface area contributed by atoms with Crippen LogP contribution in [0.25, 0.3) is 0 Å². The molecule has 3 amide bonds. The highest BCUT2D eigenvalue weighted by atomic mass is 19.4. The van der Waals surface area contributed by atoms with E-state index in [-0.39, 0.29) is 22.9 Å². The summed E-state index contributed by atoms with van der Waals surface area (Å²) < 4.78 is 40.2. The van der Waals surface area contributed by atoms with Gasteiger partial charge in [-0.15, -0.1) is 0 Å². The predicted molar refractivity (Wildman–Crippen MR) is 120 cm³/mol. The van der Waals surface area contributed by atoms with E-state index in [4.69, 9.17) is 5.26 Å². The smallest absolute Gasteiger partial charge is 0.371 e. The molecule has 7 nitrogen and oxygen atoms in total. The lowest BCUT2D eigenvalue weighted by Crippen LogP contribution is -2.50. The fourth-order valence-electron chi connectivity index (χ4n) is 5.55. The maximum Gasteiger partial charge on any atom is 0.417 e. The van der Waals surface area contributed by atoms with E-state index in [0.29, 0.717) is 51.1 Å². The number of nitrogens with zero attached hydrogens (tertiary/aromatic N) is 4. The molecule has 0 aromatic heterocycles. The van der Waals surface area contributed by atoms with Crippen molar-refractivity contribution in [1.82, 2.24) is 15.1 Å². The number of hydrogen-bond donors (Lipinski definition) is 1. The zero-order chi connectivity index (χ0) is 24.5. The van der Waals surface area contributed by atoms with Crippen molar-refractivity contribution in [2.24, 2.45) is 5.41 Å². The number of carbonyl (C=O) groups excluding carboxylic acids is 2. The molecule has 10 heteroatoms. The van der Waals surface area contributed by atoms with Gasteiger partial charge in [0.15, 0.2) is 0 Å². The quantitative estimate of drug-likeness (QED) is 0.722. The zero-order valence-corrected chi connectivity index (χ0v) is 19.3. The van der Waals surface area contributed by atoms with Crippen LogP contribution >= 0.6 is 0 Å². The Kier molecular flexibility index (Phi) is 6.65. The molecular weight excluding hydrogens is 447 g/mol. The highest BCUT2D eigenvalue weighted by molar-refractivity contribution is 5.88. The molecule has 0 bridgehead atoms. The summed E-state index contributed by atoms with van der Waals surface area (Å²) in [7, 11) is 0. The number of nitriles is 1. The van der Waals surface area contributed by atoms with Gasteiger partial charge in [0.1, 0.15) is 6.04 Å². The maximum absolute atomic E-state index is 13.4. The molecule has 1 atom stereocenters. The summed E-state index contributed by atoms with van der Waals surface area (Å²) in [6.07, 6.45) is -0.717. The molecule has 184 valence electrons. The lowest BCUT2D eigenvalue weighted by atomic mass is 9.76. The van der Waals surface area contributed by atoms with Gasteiger partial charge in [0.05, 0.1) is 17.2 Å². The molecule has 1 aromatic carbocycles. The Labute approximate surface area is 197 Å². The molecule has 3 aliphatic rings. The second-order valence-electron chi connectivity index (χ2n) is 9.54. The van der Waals surface area contributed by atoms with Crippen LogP contribution in [0.4, 0.5) is 23.7 Å². The first kappa shape index (κ1) is 24.2. The molecule has 3 saturated heterocycles. The van der Waals surface area contributed by atoms with E-state index in [1.165, 1.54) is 6.07 Å². The van der Waals surface area contributed by atoms with Gasteiger partial charge in [-0.25, -0.2) is 4.79 Å². The Morgan fingerprint density at radius 2 is 1.85 bits per heavy atom. The lowest BCUT2D eigenvalue weighted by Gasteiger charge is -2.40. The molecule has 3 heterocycles. The summed E-state index contributed by atoms with van der Waals surface area (Å²) in [4.78, 5) is 31.4. The average Bonchev–Trinajstić information content (AvgIpc) is 3.47. The molecule has 1 N–H and O–H groups in total. The van der Waals surface area contributed by atoms with Gasteiger partial charge >= 0.3 is 12.2 Å². The van der Waals surface area contributed by atoms with E-state index < -0.39 is 17.8 Å². The topological polar surface area (TPSA) is 79.7 Å². The number of hydrogen-bond acceptors (Lipinski definition) is 4. The molecule has 0 radical (unpaired) electrons. The van der Waals surface area contributed by atoms with E-state index in [1.54, 1.807) is 17.0 Å². The fourth-order valence-corrected chi connectivity index (χ4v) is 5.55. The van der Waals surface area contributed by atoms with Crippen LogP contribution in [0.1, 0.15) is 50.2 Å². The van der Waals surface area contributed by atoms with Crippen LogP contribution in [-0.2, 0) is 11.0 Å². The van der Waals surface area contributed by atoms with E-state index in [0.717, 1.165) is 32.0 Å². The number of anilines is 1. The lowest BCUT2D eigenvalue weighted by molar-refractivity contribution is -0.137. The number of piperidine rings is 1. The third-order valence-corrected chi connectivity index (χ3v) is 7.42. The Bertz CT molecular complexity index is 976. The van der Waals surface area contributed by atoms with Crippen molar-refractivity contribution >= 4 is 17.6 Å². The van der Waals surface area contributed by atoms with E-state index in [1.807, 2.05) is 16.7 Å². The third-order valence-electron chi connectivity index (χ3n) is 7.42. The Morgan fingerprint density at radius 1 is 1.18 bits per heavy atom. The van der Waals surface area contributed by atoms with Crippen LogP contribution in [0.2, 0.25) is 0 Å². The van der Waals surface area contributed by atoms with Gasteiger partial charge in [0, 0.05) is 45.0 Å². The predicted octanol–water partition coefficient (Wildman–Crippen LogP) is 3.59. The van der Waals surface area contributed by atoms with Gasteiger partial charge in [-0.05, 0) is 62.6 Å². The molecule has 0 aliphatic carbocycles. The minimum absolute atomic E-state index is 0.00460. The third kappa shape index (κ3) is 4.65. The minimum Gasteiger partial charge on any atom is -0.371 e. The summed E-state index contributed by atoms with van der Waals surface area (Å²) in [5.41, 5.74) is -1.11. The van der Waals surface area contributed by atoms with Crippen LogP contribution < -0.4 is 10.2 Å². The van der Waals surface area contributed by atoms with Gasteiger partial charge in [-0.1, -0.05) is 0 Å². The van der Waals surface area contributed by atoms with E-state index in [9.17, 15) is 22.8 Å². The molecule has 4 rings (SSSR count). The first-order valence-corrected chi connectivity index (χ1v) is 11.9. The molecule has 1 aromatic rings. The minimum atomic E-state index is -4.60. The van der Waals surface area contributed by atoms with Crippen molar-refractivity contribution in [2.75, 3.05) is 44.2 Å². The van der Waals surface area contributed by atoms with E-state index >= 15 is 0 Å². The largest absolute Gasteiger partial charge is 0.417 e. The number of likely N-dealkylation sites (tertiary alicyclic amines) is 2. The maximum atomic E-state index is 13.4. The number of carbonyl (C=O) groups is 2. The standard InChI is InChI=1S/C24H30F3N5O2/c1-2-29-22(34)32-16-23(14-20(32)21(33)31-9-3-4-10-31)7-11-30(12-8-23)18-6-5-17(15-28)19(13-18)24(25,26)27/h5-6,13,20H,2-4,7-12,14,16H2,1H3,(H,29,34). The van der Waals surface area contributed by atoms with Crippen LogP contribution in [0.5, 0.6) is 0 Å². The summed E-state index contributed by atoms with van der Waals surface area (Å²) in [6, 6.07) is 4.71. The molecule has 1 spiro atoms. The molecule has 34 heavy (non-hydrogen) atoms. The van der Waals surface area contributed by atoms with Gasteiger partial charge in [-0.2, -0.15) is 18.4 Å². The second-order valence-corrected chi connectivity index (χ2v) is 9.54. The monoisotopic (exact) mass is 477 g/mol. The zero-order valence-electron chi connectivity index (χ0n) is 19.3. The Hall–Kier alpha value is -2.96. The van der Waals surface area contributed by atoms with Crippen LogP contribution in [0.15, 0.2) is 18.2 Å². The van der Waals surface area contributed by atoms with Gasteiger partial charge in [0.25, 0.3) is 0 Å². The van der Waals surface area contributed by atoms with Crippen molar-refractivity contribution in [3.05, 3.63) is 29.3 Å². The number of benzene rings is 1. The van der Waals surface area contributed by atoms with Gasteiger partial charge in [-0.3, -0.25) is 4.79 Å². The fraction of sp³-hybridized carbons (Fsp3) is 0.625. The summed E-state index contributed by atoms with van der Waals surface area (Å²) in [6.45, 7) is 5.28. The number of halogens is 3. The van der Waals surface area contributed by atoms with Crippen LogP contribution in [0, 0.1) is 16.7 Å². The Morgan fingerprint density at radius 3 is 2.44 bits per heavy atom. The number of alkyl halides is 3. The second kappa shape index (κ2) is 9.35. The Balaban J connectivity index is 1.50. The molecule has 3 fully saturated rings. The highest BCUT2D eigenvalue weighted by Gasteiger charge is 2.50. The molecular formula is C24H30F3N5O2. The van der Waals surface area contributed by atoms with Crippen molar-refractivity contribution in [2.45, 2.75) is 51.2 Å². The first-order chi connectivity index (χ1) is 16.2. The molecule has 3 aliphatic heterocycles. The summed E-state index contributed by atoms with van der Waals surface area (Å²) in [5, 5.41) is 11.9. The summed E-state index contributed by atoms with van der Waals surface area (Å²) >= 11 is 0. The highest BCUT2D eigenvalue weighted by Crippen LogP contribution is 2.45. The van der Waals surface area contributed by atoms with Crippen LogP contribution in [0.3, 0.4) is 0 Å². The molecule has 0 saturated carbocycles. The number of amides is 3. The normalized spacial score (nSPS) is 22.2. The molecule has 1 unspecified atom stereocenters. The first-order valence-electron chi connectivity index (χ1n) is 11.9. The van der Waals surface area contributed by atoms with Crippen molar-refractivity contribution in [1.29, 1.82) is 5.26 Å². The van der Waals surface area contributed by atoms with Crippen molar-refractivity contribution < 1.29 is 22.8 Å². The van der Waals surface area contributed by atoms with Crippen molar-refractivity contribution in [3.8, 4) is 6.07 Å². The average molecular weight is 478 g/mol. The van der Waals surface area contributed by atoms with E-state index in [2.05, 4.69) is 5.32 Å². The van der Waals surface area contributed by atoms with Gasteiger partial charge < -0.3 is 20.0 Å². The number of rotatable bonds is 3. The number of nitrogens with one attached hydrogen (secondary N) is 1. The number of urea groups is 1. The van der Waals surface area contributed by atoms with Gasteiger partial charge in [0.2, 0.25) is 5.91 Å². The SMILES string of the molecule is CCNC(=O)N1CC2(CCN(c3ccc(C#N)c(C(F)(F)F)c3)CC2)CC1C(=O)N1CCCC1.